The Bertz CT molecular complexity index is 915. The first-order valence-corrected chi connectivity index (χ1v) is 8.06. The molecule has 1 heterocycles. The molecule has 3 rings (SSSR count). The summed E-state index contributed by atoms with van der Waals surface area (Å²) in [6.07, 6.45) is 1.58. The highest BCUT2D eigenvalue weighted by Crippen LogP contribution is 2.37. The summed E-state index contributed by atoms with van der Waals surface area (Å²) in [5.74, 6) is 0.941. The zero-order valence-electron chi connectivity index (χ0n) is 15.1. The zero-order chi connectivity index (χ0) is 19.4. The predicted molar refractivity (Wildman–Crippen MR) is 96.4 cm³/mol. The quantitative estimate of drug-likeness (QED) is 0.439. The molecule has 0 N–H and O–H groups in total. The minimum absolute atomic E-state index is 0.136. The highest BCUT2D eigenvalue weighted by Gasteiger charge is 2.28. The average Bonchev–Trinajstić information content (AvgIpc) is 2.96. The van der Waals surface area contributed by atoms with Gasteiger partial charge < -0.3 is 23.7 Å². The van der Waals surface area contributed by atoms with Crippen LogP contribution in [0, 0.1) is 0 Å². The van der Waals surface area contributed by atoms with E-state index in [0.717, 1.165) is 0 Å². The first-order chi connectivity index (χ1) is 13.1. The van der Waals surface area contributed by atoms with Gasteiger partial charge in [0, 0.05) is 18.7 Å². The van der Waals surface area contributed by atoms with Crippen LogP contribution in [-0.4, -0.2) is 39.7 Å². The summed E-state index contributed by atoms with van der Waals surface area (Å²) in [4.78, 5) is 24.1. The van der Waals surface area contributed by atoms with E-state index in [-0.39, 0.29) is 23.9 Å². The van der Waals surface area contributed by atoms with Crippen molar-refractivity contribution >= 4 is 17.8 Å². The maximum absolute atomic E-state index is 12.6. The fraction of sp³-hybridized carbons (Fsp3) is 0.200. The molecule has 0 spiro atoms. The van der Waals surface area contributed by atoms with Gasteiger partial charge in [-0.3, -0.25) is 4.79 Å². The lowest BCUT2D eigenvalue weighted by Gasteiger charge is -2.10. The normalized spacial score (nSPS) is 13.9. The number of hydrogen-bond donors (Lipinski definition) is 0. The lowest BCUT2D eigenvalue weighted by Crippen LogP contribution is -2.14. The van der Waals surface area contributed by atoms with Crippen molar-refractivity contribution in [3.05, 3.63) is 53.3 Å². The summed E-state index contributed by atoms with van der Waals surface area (Å²) in [6.45, 7) is -0.169. The summed E-state index contributed by atoms with van der Waals surface area (Å²) in [5.41, 5.74) is 1.02. The monoisotopic (exact) mass is 370 g/mol. The van der Waals surface area contributed by atoms with Crippen molar-refractivity contribution in [3.63, 3.8) is 0 Å². The molecule has 140 valence electrons. The number of allylic oxidation sites excluding steroid dienone is 1. The molecule has 7 heteroatoms. The van der Waals surface area contributed by atoms with E-state index < -0.39 is 5.97 Å². The molecule has 0 amide bonds. The number of hydrogen-bond acceptors (Lipinski definition) is 7. The van der Waals surface area contributed by atoms with E-state index in [1.54, 1.807) is 30.3 Å². The van der Waals surface area contributed by atoms with Crippen molar-refractivity contribution in [2.24, 2.45) is 0 Å². The molecule has 0 aromatic heterocycles. The molecule has 0 saturated carbocycles. The minimum atomic E-state index is -0.543. The minimum Gasteiger partial charge on any atom is -0.493 e. The third-order valence-electron chi connectivity index (χ3n) is 3.86. The Balaban J connectivity index is 1.89. The number of Topliss-reactive ketones (excluding diaryl/α,β-unsaturated/α-hetero) is 1. The van der Waals surface area contributed by atoms with E-state index in [2.05, 4.69) is 0 Å². The Hall–Kier alpha value is -3.32. The van der Waals surface area contributed by atoms with E-state index in [1.807, 2.05) is 0 Å². The average molecular weight is 370 g/mol. The number of ketones is 1. The molecule has 2 aromatic carbocycles. The molecular formula is C20H18O7. The molecule has 1 aliphatic heterocycles. The van der Waals surface area contributed by atoms with E-state index in [0.29, 0.717) is 28.4 Å². The van der Waals surface area contributed by atoms with Gasteiger partial charge in [-0.2, -0.15) is 0 Å². The van der Waals surface area contributed by atoms with Gasteiger partial charge in [-0.15, -0.1) is 0 Å². The standard InChI is InChI=1S/C20H18O7/c1-23-11-18(21)26-13-7-8-14-16(10-13)27-17(19(14)22)9-12-5-4-6-15(24-2)20(12)25-3/h4-10H,11H2,1-3H3/b17-9-. The Kier molecular flexibility index (Phi) is 5.42. The molecule has 1 aliphatic rings. The van der Waals surface area contributed by atoms with E-state index in [1.165, 1.54) is 33.5 Å². The Morgan fingerprint density at radius 2 is 1.93 bits per heavy atom. The van der Waals surface area contributed by atoms with Crippen molar-refractivity contribution in [1.29, 1.82) is 0 Å². The van der Waals surface area contributed by atoms with Crippen molar-refractivity contribution in [3.8, 4) is 23.0 Å². The number of methoxy groups -OCH3 is 3. The van der Waals surface area contributed by atoms with E-state index in [4.69, 9.17) is 23.7 Å². The van der Waals surface area contributed by atoms with Gasteiger partial charge >= 0.3 is 5.97 Å². The Labute approximate surface area is 156 Å². The predicted octanol–water partition coefficient (Wildman–Crippen LogP) is 2.87. The summed E-state index contributed by atoms with van der Waals surface area (Å²) >= 11 is 0. The van der Waals surface area contributed by atoms with Gasteiger partial charge in [-0.1, -0.05) is 12.1 Å². The molecule has 0 bridgehead atoms. The van der Waals surface area contributed by atoms with Crippen LogP contribution in [0.3, 0.4) is 0 Å². The van der Waals surface area contributed by atoms with Gasteiger partial charge in [0.1, 0.15) is 18.1 Å². The van der Waals surface area contributed by atoms with Crippen molar-refractivity contribution in [1.82, 2.24) is 0 Å². The maximum Gasteiger partial charge on any atom is 0.337 e. The third-order valence-corrected chi connectivity index (χ3v) is 3.86. The molecule has 0 unspecified atom stereocenters. The Morgan fingerprint density at radius 1 is 1.11 bits per heavy atom. The fourth-order valence-electron chi connectivity index (χ4n) is 2.68. The van der Waals surface area contributed by atoms with Crippen LogP contribution >= 0.6 is 0 Å². The van der Waals surface area contributed by atoms with E-state index >= 15 is 0 Å². The second-order valence-electron chi connectivity index (χ2n) is 5.59. The van der Waals surface area contributed by atoms with Gasteiger partial charge in [0.15, 0.2) is 17.3 Å². The number of benzene rings is 2. The molecule has 0 aliphatic carbocycles. The second kappa shape index (κ2) is 7.92. The second-order valence-corrected chi connectivity index (χ2v) is 5.59. The zero-order valence-corrected chi connectivity index (χ0v) is 15.1. The number of rotatable bonds is 6. The maximum atomic E-state index is 12.6. The summed E-state index contributed by atoms with van der Waals surface area (Å²) in [5, 5.41) is 0. The summed E-state index contributed by atoms with van der Waals surface area (Å²) in [7, 11) is 4.45. The largest absolute Gasteiger partial charge is 0.493 e. The van der Waals surface area contributed by atoms with Gasteiger partial charge in [0.2, 0.25) is 5.78 Å². The first kappa shape index (κ1) is 18.5. The lowest BCUT2D eigenvalue weighted by molar-refractivity contribution is -0.138. The number of carbonyl (C=O) groups excluding carboxylic acids is 2. The molecule has 0 fully saturated rings. The molecule has 0 radical (unpaired) electrons. The van der Waals surface area contributed by atoms with Crippen molar-refractivity contribution < 1.29 is 33.3 Å². The smallest absolute Gasteiger partial charge is 0.337 e. The van der Waals surface area contributed by atoms with Crippen LogP contribution in [0.1, 0.15) is 15.9 Å². The highest BCUT2D eigenvalue weighted by molar-refractivity contribution is 6.14. The van der Waals surface area contributed by atoms with Gasteiger partial charge in [-0.25, -0.2) is 4.79 Å². The summed E-state index contributed by atoms with van der Waals surface area (Å²) < 4.78 is 26.1. The molecule has 0 saturated heterocycles. The number of fused-ring (bicyclic) bond motifs is 1. The molecule has 7 nitrogen and oxygen atoms in total. The van der Waals surface area contributed by atoms with Crippen LogP contribution in [0.4, 0.5) is 0 Å². The van der Waals surface area contributed by atoms with E-state index in [9.17, 15) is 9.59 Å². The summed E-state index contributed by atoms with van der Waals surface area (Å²) in [6, 6.07) is 9.90. The molecule has 27 heavy (non-hydrogen) atoms. The first-order valence-electron chi connectivity index (χ1n) is 8.06. The van der Waals surface area contributed by atoms with Crippen LogP contribution in [0.2, 0.25) is 0 Å². The molecule has 2 aromatic rings. The van der Waals surface area contributed by atoms with Gasteiger partial charge in [0.25, 0.3) is 0 Å². The van der Waals surface area contributed by atoms with Crippen LogP contribution < -0.4 is 18.9 Å². The van der Waals surface area contributed by atoms with Gasteiger partial charge in [0.05, 0.1) is 19.8 Å². The van der Waals surface area contributed by atoms with Crippen molar-refractivity contribution in [2.45, 2.75) is 0 Å². The molecular weight excluding hydrogens is 352 g/mol. The van der Waals surface area contributed by atoms with Crippen LogP contribution in [0.25, 0.3) is 6.08 Å². The van der Waals surface area contributed by atoms with Gasteiger partial charge in [-0.05, 0) is 24.3 Å². The highest BCUT2D eigenvalue weighted by atomic mass is 16.6. The van der Waals surface area contributed by atoms with Crippen molar-refractivity contribution in [2.75, 3.05) is 27.9 Å². The fourth-order valence-corrected chi connectivity index (χ4v) is 2.68. The lowest BCUT2D eigenvalue weighted by atomic mass is 10.1. The number of carbonyl (C=O) groups is 2. The third kappa shape index (κ3) is 3.78. The molecule has 0 atom stereocenters. The number of para-hydroxylation sites is 1. The SMILES string of the molecule is COCC(=O)Oc1ccc2c(c1)O/C(=C\c1cccc(OC)c1OC)C2=O. The topological polar surface area (TPSA) is 80.3 Å². The van der Waals surface area contributed by atoms with Crippen LogP contribution in [0.15, 0.2) is 42.2 Å². The number of ether oxygens (including phenoxy) is 5. The Morgan fingerprint density at radius 3 is 2.63 bits per heavy atom. The van der Waals surface area contributed by atoms with Crippen LogP contribution in [-0.2, 0) is 9.53 Å². The number of esters is 1. The van der Waals surface area contributed by atoms with Crippen LogP contribution in [0.5, 0.6) is 23.0 Å².